The molecule has 2 heteroatoms. The van der Waals surface area contributed by atoms with E-state index in [0.29, 0.717) is 0 Å². The molecule has 1 aliphatic carbocycles. The predicted octanol–water partition coefficient (Wildman–Crippen LogP) is 1.76. The van der Waals surface area contributed by atoms with Crippen molar-refractivity contribution >= 4 is 0 Å². The smallest absolute Gasteiger partial charge is 0.0853 e. The zero-order valence-electron chi connectivity index (χ0n) is 7.25. The van der Waals surface area contributed by atoms with Crippen molar-refractivity contribution in [2.24, 2.45) is 0 Å². The zero-order chi connectivity index (χ0) is 8.55. The fourth-order valence-electron chi connectivity index (χ4n) is 1.53. The summed E-state index contributed by atoms with van der Waals surface area (Å²) in [5.74, 6) is 0.755. The molecule has 0 bridgehead atoms. The van der Waals surface area contributed by atoms with E-state index >= 15 is 0 Å². The largest absolute Gasteiger partial charge is 0.390 e. The molecular weight excluding hydrogens is 150 g/mol. The highest BCUT2D eigenvalue weighted by molar-refractivity contribution is 5.31. The van der Waals surface area contributed by atoms with E-state index in [-0.39, 0.29) is 6.61 Å². The molecule has 1 saturated carbocycles. The van der Waals surface area contributed by atoms with Gasteiger partial charge in [0.2, 0.25) is 0 Å². The topological polar surface area (TPSA) is 33.1 Å². The first-order valence-electron chi connectivity index (χ1n) is 4.37. The number of pyridine rings is 1. The maximum Gasteiger partial charge on any atom is 0.0853 e. The second-order valence-corrected chi connectivity index (χ2v) is 3.46. The minimum Gasteiger partial charge on any atom is -0.390 e. The van der Waals surface area contributed by atoms with Crippen molar-refractivity contribution in [1.82, 2.24) is 4.98 Å². The molecule has 12 heavy (non-hydrogen) atoms. The van der Waals surface area contributed by atoms with Gasteiger partial charge in [0.25, 0.3) is 0 Å². The van der Waals surface area contributed by atoms with Crippen LogP contribution in [0.5, 0.6) is 0 Å². The number of aliphatic hydroxyl groups excluding tert-OH is 1. The summed E-state index contributed by atoms with van der Waals surface area (Å²) >= 11 is 0. The van der Waals surface area contributed by atoms with Crippen LogP contribution in [0, 0.1) is 6.92 Å². The Hall–Kier alpha value is -0.890. The monoisotopic (exact) mass is 163 g/mol. The summed E-state index contributed by atoms with van der Waals surface area (Å²) in [6.07, 6.45) is 4.53. The van der Waals surface area contributed by atoms with Gasteiger partial charge in [-0.3, -0.25) is 4.98 Å². The summed E-state index contributed by atoms with van der Waals surface area (Å²) in [6.45, 7) is 2.14. The lowest BCUT2D eigenvalue weighted by molar-refractivity contribution is 0.276. The van der Waals surface area contributed by atoms with Gasteiger partial charge < -0.3 is 5.11 Å². The Balaban J connectivity index is 2.32. The van der Waals surface area contributed by atoms with E-state index in [1.165, 1.54) is 24.0 Å². The molecular formula is C10H13NO. The van der Waals surface area contributed by atoms with Crippen LogP contribution in [0.1, 0.15) is 35.6 Å². The molecule has 0 aromatic carbocycles. The van der Waals surface area contributed by atoms with Gasteiger partial charge in [-0.05, 0) is 42.9 Å². The second kappa shape index (κ2) is 2.87. The molecule has 1 N–H and O–H groups in total. The third-order valence-electron chi connectivity index (χ3n) is 2.39. The normalized spacial score (nSPS) is 16.5. The number of rotatable bonds is 2. The Labute approximate surface area is 72.3 Å². The third-order valence-corrected chi connectivity index (χ3v) is 2.39. The van der Waals surface area contributed by atoms with Crippen molar-refractivity contribution in [3.8, 4) is 0 Å². The van der Waals surface area contributed by atoms with Crippen LogP contribution >= 0.6 is 0 Å². The van der Waals surface area contributed by atoms with Crippen LogP contribution in [-0.4, -0.2) is 10.1 Å². The number of hydrogen-bond donors (Lipinski definition) is 1. The number of hydrogen-bond acceptors (Lipinski definition) is 2. The number of aromatic nitrogens is 1. The van der Waals surface area contributed by atoms with Crippen LogP contribution in [-0.2, 0) is 6.61 Å². The van der Waals surface area contributed by atoms with Crippen molar-refractivity contribution in [3.05, 3.63) is 29.1 Å². The molecule has 0 spiro atoms. The summed E-state index contributed by atoms with van der Waals surface area (Å²) in [5, 5.41) is 8.84. The standard InChI is InChI=1S/C10H13NO/c1-7-4-9(6-12)11-5-10(7)8-2-3-8/h4-5,8,12H,2-3,6H2,1H3. The summed E-state index contributed by atoms with van der Waals surface area (Å²) in [4.78, 5) is 4.17. The van der Waals surface area contributed by atoms with Gasteiger partial charge in [0.1, 0.15) is 0 Å². The molecule has 1 fully saturated rings. The number of aliphatic hydroxyl groups is 1. The van der Waals surface area contributed by atoms with Crippen molar-refractivity contribution in [1.29, 1.82) is 0 Å². The minimum atomic E-state index is 0.0474. The van der Waals surface area contributed by atoms with Crippen molar-refractivity contribution < 1.29 is 5.11 Å². The minimum absolute atomic E-state index is 0.0474. The summed E-state index contributed by atoms with van der Waals surface area (Å²) in [6, 6.07) is 1.98. The van der Waals surface area contributed by atoms with Crippen LogP contribution < -0.4 is 0 Å². The van der Waals surface area contributed by atoms with Crippen LogP contribution in [0.4, 0.5) is 0 Å². The summed E-state index contributed by atoms with van der Waals surface area (Å²) in [7, 11) is 0. The van der Waals surface area contributed by atoms with E-state index in [2.05, 4.69) is 11.9 Å². The SMILES string of the molecule is Cc1cc(CO)ncc1C1CC1. The molecule has 0 aliphatic heterocycles. The predicted molar refractivity (Wildman–Crippen MR) is 46.9 cm³/mol. The maximum atomic E-state index is 8.84. The molecule has 0 saturated heterocycles. The first kappa shape index (κ1) is 7.74. The lowest BCUT2D eigenvalue weighted by Crippen LogP contribution is -1.94. The maximum absolute atomic E-state index is 8.84. The molecule has 0 radical (unpaired) electrons. The third kappa shape index (κ3) is 1.34. The van der Waals surface area contributed by atoms with Gasteiger partial charge in [0.15, 0.2) is 0 Å². The average molecular weight is 163 g/mol. The molecule has 2 rings (SSSR count). The average Bonchev–Trinajstić information content (AvgIpc) is 2.87. The Kier molecular flexibility index (Phi) is 1.85. The van der Waals surface area contributed by atoms with E-state index in [9.17, 15) is 0 Å². The first-order chi connectivity index (χ1) is 5.81. The lowest BCUT2D eigenvalue weighted by atomic mass is 10.1. The van der Waals surface area contributed by atoms with E-state index in [4.69, 9.17) is 5.11 Å². The number of aryl methyl sites for hydroxylation is 1. The van der Waals surface area contributed by atoms with E-state index < -0.39 is 0 Å². The van der Waals surface area contributed by atoms with Crippen LogP contribution in [0.3, 0.4) is 0 Å². The highest BCUT2D eigenvalue weighted by Crippen LogP contribution is 2.41. The van der Waals surface area contributed by atoms with E-state index in [0.717, 1.165) is 11.6 Å². The first-order valence-corrected chi connectivity index (χ1v) is 4.37. The van der Waals surface area contributed by atoms with Crippen molar-refractivity contribution in [3.63, 3.8) is 0 Å². The van der Waals surface area contributed by atoms with Gasteiger partial charge in [0, 0.05) is 6.20 Å². The quantitative estimate of drug-likeness (QED) is 0.720. The van der Waals surface area contributed by atoms with Gasteiger partial charge in [0.05, 0.1) is 12.3 Å². The molecule has 0 unspecified atom stereocenters. The second-order valence-electron chi connectivity index (χ2n) is 3.46. The Morgan fingerprint density at radius 3 is 2.83 bits per heavy atom. The molecule has 1 heterocycles. The fraction of sp³-hybridized carbons (Fsp3) is 0.500. The highest BCUT2D eigenvalue weighted by Gasteiger charge is 2.25. The molecule has 1 aromatic rings. The lowest BCUT2D eigenvalue weighted by Gasteiger charge is -2.04. The molecule has 1 aliphatic rings. The highest BCUT2D eigenvalue weighted by atomic mass is 16.3. The van der Waals surface area contributed by atoms with E-state index in [1.807, 2.05) is 12.3 Å². The van der Waals surface area contributed by atoms with Gasteiger partial charge in [-0.1, -0.05) is 0 Å². The summed E-state index contributed by atoms with van der Waals surface area (Å²) in [5.41, 5.74) is 3.42. The van der Waals surface area contributed by atoms with Gasteiger partial charge >= 0.3 is 0 Å². The van der Waals surface area contributed by atoms with Crippen molar-refractivity contribution in [2.45, 2.75) is 32.3 Å². The Bertz CT molecular complexity index is 292. The van der Waals surface area contributed by atoms with Gasteiger partial charge in [-0.2, -0.15) is 0 Å². The van der Waals surface area contributed by atoms with Gasteiger partial charge in [-0.25, -0.2) is 0 Å². The van der Waals surface area contributed by atoms with E-state index in [1.54, 1.807) is 0 Å². The number of nitrogens with zero attached hydrogens (tertiary/aromatic N) is 1. The Morgan fingerprint density at radius 1 is 1.58 bits per heavy atom. The van der Waals surface area contributed by atoms with Gasteiger partial charge in [-0.15, -0.1) is 0 Å². The molecule has 2 nitrogen and oxygen atoms in total. The van der Waals surface area contributed by atoms with Crippen LogP contribution in [0.2, 0.25) is 0 Å². The molecule has 1 aromatic heterocycles. The zero-order valence-corrected chi connectivity index (χ0v) is 7.25. The molecule has 0 atom stereocenters. The fourth-order valence-corrected chi connectivity index (χ4v) is 1.53. The molecule has 64 valence electrons. The summed E-state index contributed by atoms with van der Waals surface area (Å²) < 4.78 is 0. The van der Waals surface area contributed by atoms with Crippen LogP contribution in [0.25, 0.3) is 0 Å². The van der Waals surface area contributed by atoms with Crippen LogP contribution in [0.15, 0.2) is 12.3 Å². The Morgan fingerprint density at radius 2 is 2.33 bits per heavy atom. The molecule has 0 amide bonds. The van der Waals surface area contributed by atoms with Crippen molar-refractivity contribution in [2.75, 3.05) is 0 Å².